The molecule has 14 heavy (non-hydrogen) atoms. The molecule has 0 aromatic heterocycles. The second-order valence-electron chi connectivity index (χ2n) is 4.34. The van der Waals surface area contributed by atoms with Gasteiger partial charge in [0.1, 0.15) is 0 Å². The lowest BCUT2D eigenvalue weighted by molar-refractivity contribution is 0.298. The van der Waals surface area contributed by atoms with E-state index in [1.165, 1.54) is 0 Å². The Morgan fingerprint density at radius 2 is 1.71 bits per heavy atom. The van der Waals surface area contributed by atoms with E-state index < -0.39 is 0 Å². The van der Waals surface area contributed by atoms with Crippen LogP contribution < -0.4 is 0 Å². The third-order valence-electron chi connectivity index (χ3n) is 3.00. The van der Waals surface area contributed by atoms with Gasteiger partial charge < -0.3 is 10.4 Å². The third-order valence-corrected chi connectivity index (χ3v) is 3.00. The quantitative estimate of drug-likeness (QED) is 0.501. The molecule has 1 fully saturated rings. The first-order chi connectivity index (χ1) is 6.60. The highest BCUT2D eigenvalue weighted by atomic mass is 16.4. The number of hydrogen-bond acceptors (Lipinski definition) is 4. The Bertz CT molecular complexity index is 259. The fraction of sp³-hybridized carbons (Fsp3) is 0.800. The van der Waals surface area contributed by atoms with E-state index in [1.807, 2.05) is 6.92 Å². The van der Waals surface area contributed by atoms with Crippen molar-refractivity contribution in [3.63, 3.8) is 0 Å². The molecule has 1 aliphatic rings. The Labute approximate surface area is 84.3 Å². The first-order valence-corrected chi connectivity index (χ1v) is 5.01. The van der Waals surface area contributed by atoms with Crippen LogP contribution in [0.1, 0.15) is 33.6 Å². The van der Waals surface area contributed by atoms with Gasteiger partial charge in [-0.2, -0.15) is 0 Å². The highest BCUT2D eigenvalue weighted by Gasteiger charge is 2.31. The molecule has 0 spiro atoms. The minimum absolute atomic E-state index is 0.181. The largest absolute Gasteiger partial charge is 0.411 e. The standard InChI is InChI=1S/C10H18N2O2/c1-6(2)8-5-9(11-13)7(3)4-10(8)12-14/h6-8,13-14H,4-5H2,1-3H3/t7-,8+/m0/s1. The zero-order chi connectivity index (χ0) is 10.7. The van der Waals surface area contributed by atoms with Gasteiger partial charge in [0, 0.05) is 11.8 Å². The molecule has 0 aromatic rings. The van der Waals surface area contributed by atoms with Crippen molar-refractivity contribution in [3.8, 4) is 0 Å². The van der Waals surface area contributed by atoms with Gasteiger partial charge in [-0.05, 0) is 18.8 Å². The summed E-state index contributed by atoms with van der Waals surface area (Å²) in [7, 11) is 0. The molecule has 0 saturated heterocycles. The lowest BCUT2D eigenvalue weighted by Gasteiger charge is -2.30. The molecule has 1 rings (SSSR count). The molecule has 1 aliphatic carbocycles. The second-order valence-corrected chi connectivity index (χ2v) is 4.34. The molecule has 0 heterocycles. The van der Waals surface area contributed by atoms with Gasteiger partial charge in [-0.15, -0.1) is 0 Å². The summed E-state index contributed by atoms with van der Waals surface area (Å²) in [6.45, 7) is 6.15. The van der Waals surface area contributed by atoms with Gasteiger partial charge >= 0.3 is 0 Å². The maximum Gasteiger partial charge on any atom is 0.0614 e. The van der Waals surface area contributed by atoms with E-state index in [0.717, 1.165) is 11.4 Å². The molecule has 0 bridgehead atoms. The van der Waals surface area contributed by atoms with Gasteiger partial charge in [0.2, 0.25) is 0 Å². The monoisotopic (exact) mass is 198 g/mol. The van der Waals surface area contributed by atoms with E-state index in [4.69, 9.17) is 10.4 Å². The van der Waals surface area contributed by atoms with Gasteiger partial charge in [-0.1, -0.05) is 31.1 Å². The molecule has 1 saturated carbocycles. The summed E-state index contributed by atoms with van der Waals surface area (Å²) < 4.78 is 0. The highest BCUT2D eigenvalue weighted by Crippen LogP contribution is 2.29. The topological polar surface area (TPSA) is 65.2 Å². The molecule has 0 aliphatic heterocycles. The molecule has 0 amide bonds. The van der Waals surface area contributed by atoms with Crippen molar-refractivity contribution in [2.24, 2.45) is 28.1 Å². The molecule has 80 valence electrons. The van der Waals surface area contributed by atoms with Crippen LogP contribution in [-0.4, -0.2) is 21.8 Å². The fourth-order valence-electron chi connectivity index (χ4n) is 2.00. The molecule has 0 aromatic carbocycles. The first-order valence-electron chi connectivity index (χ1n) is 5.01. The lowest BCUT2D eigenvalue weighted by atomic mass is 9.75. The van der Waals surface area contributed by atoms with Crippen LogP contribution in [0.15, 0.2) is 10.3 Å². The van der Waals surface area contributed by atoms with Crippen molar-refractivity contribution in [2.45, 2.75) is 33.6 Å². The molecule has 0 radical (unpaired) electrons. The maximum absolute atomic E-state index is 8.87. The van der Waals surface area contributed by atoms with Gasteiger partial charge in [-0.25, -0.2) is 0 Å². The zero-order valence-corrected chi connectivity index (χ0v) is 8.94. The summed E-state index contributed by atoms with van der Waals surface area (Å²) in [6.07, 6.45) is 1.40. The summed E-state index contributed by atoms with van der Waals surface area (Å²) in [5, 5.41) is 24.3. The molecular weight excluding hydrogens is 180 g/mol. The minimum atomic E-state index is 0.181. The Balaban J connectivity index is 2.85. The summed E-state index contributed by atoms with van der Waals surface area (Å²) in [5.41, 5.74) is 1.65. The van der Waals surface area contributed by atoms with E-state index in [-0.39, 0.29) is 11.8 Å². The van der Waals surface area contributed by atoms with Gasteiger partial charge in [0.15, 0.2) is 0 Å². The van der Waals surface area contributed by atoms with E-state index in [0.29, 0.717) is 18.8 Å². The first kappa shape index (κ1) is 11.0. The van der Waals surface area contributed by atoms with E-state index >= 15 is 0 Å². The number of hydrogen-bond donors (Lipinski definition) is 2. The Hall–Kier alpha value is -1.06. The lowest BCUT2D eigenvalue weighted by Crippen LogP contribution is -2.34. The van der Waals surface area contributed by atoms with E-state index in [2.05, 4.69) is 24.2 Å². The molecule has 2 atom stereocenters. The summed E-state index contributed by atoms with van der Waals surface area (Å²) in [4.78, 5) is 0. The number of nitrogens with zero attached hydrogens (tertiary/aromatic N) is 2. The summed E-state index contributed by atoms with van der Waals surface area (Å²) in [6, 6.07) is 0. The highest BCUT2D eigenvalue weighted by molar-refractivity contribution is 6.00. The molecule has 4 nitrogen and oxygen atoms in total. The summed E-state index contributed by atoms with van der Waals surface area (Å²) >= 11 is 0. The van der Waals surface area contributed by atoms with Crippen molar-refractivity contribution in [1.82, 2.24) is 0 Å². The van der Waals surface area contributed by atoms with Crippen LogP contribution in [0.4, 0.5) is 0 Å². The van der Waals surface area contributed by atoms with E-state index in [9.17, 15) is 0 Å². The molecular formula is C10H18N2O2. The van der Waals surface area contributed by atoms with Crippen LogP contribution in [0, 0.1) is 17.8 Å². The van der Waals surface area contributed by atoms with Crippen LogP contribution in [0.2, 0.25) is 0 Å². The smallest absolute Gasteiger partial charge is 0.0614 e. The number of oxime groups is 2. The third kappa shape index (κ3) is 2.05. The van der Waals surface area contributed by atoms with E-state index in [1.54, 1.807) is 0 Å². The van der Waals surface area contributed by atoms with Crippen molar-refractivity contribution < 1.29 is 10.4 Å². The minimum Gasteiger partial charge on any atom is -0.411 e. The second kappa shape index (κ2) is 4.44. The van der Waals surface area contributed by atoms with Crippen LogP contribution in [0.3, 0.4) is 0 Å². The average Bonchev–Trinajstić information content (AvgIpc) is 2.16. The van der Waals surface area contributed by atoms with Crippen molar-refractivity contribution in [3.05, 3.63) is 0 Å². The Kier molecular flexibility index (Phi) is 3.49. The van der Waals surface area contributed by atoms with Crippen LogP contribution in [-0.2, 0) is 0 Å². The van der Waals surface area contributed by atoms with Crippen molar-refractivity contribution in [2.75, 3.05) is 0 Å². The summed E-state index contributed by atoms with van der Waals surface area (Å²) in [5.74, 6) is 0.799. The SMILES string of the molecule is CC(C)[C@H]1CC(=NO)[C@@H](C)CC1=NO. The Morgan fingerprint density at radius 1 is 1.14 bits per heavy atom. The fourth-order valence-corrected chi connectivity index (χ4v) is 2.00. The predicted octanol–water partition coefficient (Wildman–Crippen LogP) is 2.35. The van der Waals surface area contributed by atoms with Crippen LogP contribution >= 0.6 is 0 Å². The maximum atomic E-state index is 8.87. The van der Waals surface area contributed by atoms with Gasteiger partial charge in [0.25, 0.3) is 0 Å². The normalized spacial score (nSPS) is 34.3. The Morgan fingerprint density at radius 3 is 2.14 bits per heavy atom. The van der Waals surface area contributed by atoms with Crippen LogP contribution in [0.25, 0.3) is 0 Å². The average molecular weight is 198 g/mol. The van der Waals surface area contributed by atoms with Gasteiger partial charge in [0.05, 0.1) is 11.4 Å². The molecule has 4 heteroatoms. The van der Waals surface area contributed by atoms with Crippen molar-refractivity contribution >= 4 is 11.4 Å². The predicted molar refractivity (Wildman–Crippen MR) is 55.2 cm³/mol. The number of rotatable bonds is 1. The van der Waals surface area contributed by atoms with Crippen molar-refractivity contribution in [1.29, 1.82) is 0 Å². The zero-order valence-electron chi connectivity index (χ0n) is 8.94. The molecule has 2 N–H and O–H groups in total. The van der Waals surface area contributed by atoms with Gasteiger partial charge in [-0.3, -0.25) is 0 Å². The molecule has 0 unspecified atom stereocenters. The van der Waals surface area contributed by atoms with Crippen LogP contribution in [0.5, 0.6) is 0 Å².